The lowest BCUT2D eigenvalue weighted by Crippen LogP contribution is -2.49. The first-order valence-electron chi connectivity index (χ1n) is 6.56. The molecule has 0 heterocycles. The molecule has 0 spiro atoms. The molecule has 0 aromatic rings. The number of ether oxygens (including phenoxy) is 1. The summed E-state index contributed by atoms with van der Waals surface area (Å²) in [6.45, 7) is 16.6. The highest BCUT2D eigenvalue weighted by Gasteiger charge is 2.47. The van der Waals surface area contributed by atoms with E-state index in [0.29, 0.717) is 0 Å². The fraction of sp³-hybridized carbons (Fsp3) is 1.00. The van der Waals surface area contributed by atoms with Gasteiger partial charge in [-0.15, -0.1) is 0 Å². The average Bonchev–Trinajstić information content (AvgIpc) is 2.15. The molecule has 0 aliphatic heterocycles. The van der Waals surface area contributed by atoms with Crippen LogP contribution in [-0.2, 0) is 4.74 Å². The Labute approximate surface area is 117 Å². The average molecular weight is 283 g/mol. The molecule has 1 nitrogen and oxygen atoms in total. The van der Waals surface area contributed by atoms with Crippen LogP contribution >= 0.6 is 23.2 Å². The Hall–Kier alpha value is 0.540. The van der Waals surface area contributed by atoms with Crippen molar-refractivity contribution >= 4 is 23.2 Å². The van der Waals surface area contributed by atoms with Gasteiger partial charge in [0.25, 0.3) is 0 Å². The van der Waals surface area contributed by atoms with E-state index < -0.39 is 10.1 Å². The van der Waals surface area contributed by atoms with Gasteiger partial charge in [0.05, 0.1) is 0 Å². The van der Waals surface area contributed by atoms with Crippen molar-refractivity contribution in [3.05, 3.63) is 0 Å². The molecule has 0 saturated carbocycles. The van der Waals surface area contributed by atoms with Gasteiger partial charge < -0.3 is 4.74 Å². The summed E-state index contributed by atoms with van der Waals surface area (Å²) in [7, 11) is 0. The Kier molecular flexibility index (Phi) is 6.32. The van der Waals surface area contributed by atoms with Crippen LogP contribution in [0.1, 0.15) is 55.4 Å². The lowest BCUT2D eigenvalue weighted by Gasteiger charge is -2.45. The number of rotatable bonds is 6. The highest BCUT2D eigenvalue weighted by molar-refractivity contribution is 6.25. The molecule has 0 fully saturated rings. The van der Waals surface area contributed by atoms with Gasteiger partial charge >= 0.3 is 0 Å². The van der Waals surface area contributed by atoms with Gasteiger partial charge in [-0.1, -0.05) is 78.6 Å². The quantitative estimate of drug-likeness (QED) is 0.585. The maximum absolute atomic E-state index is 6.67. The van der Waals surface area contributed by atoms with E-state index in [1.54, 1.807) is 0 Å². The molecule has 17 heavy (non-hydrogen) atoms. The Balaban J connectivity index is 5.22. The zero-order chi connectivity index (χ0) is 14.0. The van der Waals surface area contributed by atoms with Crippen LogP contribution in [0.25, 0.3) is 0 Å². The zero-order valence-corrected chi connectivity index (χ0v) is 14.0. The van der Waals surface area contributed by atoms with E-state index in [4.69, 9.17) is 27.9 Å². The van der Waals surface area contributed by atoms with E-state index in [1.807, 2.05) is 0 Å². The van der Waals surface area contributed by atoms with Crippen molar-refractivity contribution < 1.29 is 4.74 Å². The number of alkyl halides is 2. The summed E-state index contributed by atoms with van der Waals surface area (Å²) in [4.78, 5) is 0. The van der Waals surface area contributed by atoms with Gasteiger partial charge in [0.15, 0.2) is 0 Å². The topological polar surface area (TPSA) is 9.23 Å². The maximum atomic E-state index is 6.67. The van der Waals surface area contributed by atoms with Gasteiger partial charge in [-0.3, -0.25) is 0 Å². The molecule has 0 aromatic heterocycles. The monoisotopic (exact) mass is 282 g/mol. The van der Waals surface area contributed by atoms with E-state index >= 15 is 0 Å². The van der Waals surface area contributed by atoms with E-state index in [0.717, 1.165) is 0 Å². The molecule has 0 aromatic carbocycles. The summed E-state index contributed by atoms with van der Waals surface area (Å²) in [6, 6.07) is 0. The van der Waals surface area contributed by atoms with Crippen LogP contribution in [0, 0.1) is 23.7 Å². The van der Waals surface area contributed by atoms with Crippen molar-refractivity contribution in [2.45, 2.75) is 65.5 Å². The predicted octanol–water partition coefficient (Wildman–Crippen LogP) is 5.50. The van der Waals surface area contributed by atoms with E-state index in [1.165, 1.54) is 0 Å². The highest BCUT2D eigenvalue weighted by Crippen LogP contribution is 2.45. The first kappa shape index (κ1) is 17.5. The van der Waals surface area contributed by atoms with E-state index in [-0.39, 0.29) is 23.7 Å². The lowest BCUT2D eigenvalue weighted by atomic mass is 9.91. The molecule has 0 aliphatic carbocycles. The molecule has 0 saturated heterocycles. The SMILES string of the molecule is CC(C)C(Cl)(OC(Cl)(C(C)C)C(C)C)C(C)C. The van der Waals surface area contributed by atoms with Gasteiger partial charge in [0.1, 0.15) is 10.1 Å². The standard InChI is InChI=1S/C14H28Cl2O/c1-9(2)13(15,10(3)4)17-14(16,11(5)6)12(7)8/h9-12H,1-8H3. The molecular formula is C14H28Cl2O. The zero-order valence-electron chi connectivity index (χ0n) is 12.5. The van der Waals surface area contributed by atoms with Gasteiger partial charge in [-0.25, -0.2) is 0 Å². The van der Waals surface area contributed by atoms with Crippen molar-refractivity contribution in [3.63, 3.8) is 0 Å². The number of hydrogen-bond donors (Lipinski definition) is 0. The van der Waals surface area contributed by atoms with Crippen LogP contribution in [0.15, 0.2) is 0 Å². The predicted molar refractivity (Wildman–Crippen MR) is 77.6 cm³/mol. The molecule has 0 atom stereocenters. The molecule has 0 amide bonds. The molecular weight excluding hydrogens is 255 g/mol. The second-order valence-corrected chi connectivity index (χ2v) is 7.30. The van der Waals surface area contributed by atoms with Crippen LogP contribution in [0.5, 0.6) is 0 Å². The Bertz CT molecular complexity index is 194. The molecule has 0 rings (SSSR count). The summed E-state index contributed by atoms with van der Waals surface area (Å²) < 4.78 is 6.20. The fourth-order valence-corrected chi connectivity index (χ4v) is 2.34. The van der Waals surface area contributed by atoms with Crippen LogP contribution in [0.2, 0.25) is 0 Å². The molecule has 104 valence electrons. The third kappa shape index (κ3) is 3.75. The smallest absolute Gasteiger partial charge is 0.148 e. The summed E-state index contributed by atoms with van der Waals surface area (Å²) in [6.07, 6.45) is 0. The number of hydrogen-bond acceptors (Lipinski definition) is 1. The molecule has 3 heteroatoms. The van der Waals surface area contributed by atoms with Crippen molar-refractivity contribution in [1.82, 2.24) is 0 Å². The largest absolute Gasteiger partial charge is 0.337 e. The van der Waals surface area contributed by atoms with Crippen LogP contribution in [0.3, 0.4) is 0 Å². The molecule has 0 N–H and O–H groups in total. The summed E-state index contributed by atoms with van der Waals surface area (Å²) in [5, 5.41) is -1.42. The highest BCUT2D eigenvalue weighted by atomic mass is 35.5. The van der Waals surface area contributed by atoms with Gasteiger partial charge in [0, 0.05) is 0 Å². The third-order valence-corrected chi connectivity index (χ3v) is 5.36. The maximum Gasteiger partial charge on any atom is 0.148 e. The minimum atomic E-state index is -0.712. The summed E-state index contributed by atoms with van der Waals surface area (Å²) >= 11 is 13.3. The minimum absolute atomic E-state index is 0.208. The molecule has 0 radical (unpaired) electrons. The summed E-state index contributed by atoms with van der Waals surface area (Å²) in [5.41, 5.74) is 0. The third-order valence-electron chi connectivity index (χ3n) is 3.46. The van der Waals surface area contributed by atoms with Crippen molar-refractivity contribution in [1.29, 1.82) is 0 Å². The van der Waals surface area contributed by atoms with Crippen molar-refractivity contribution in [2.24, 2.45) is 23.7 Å². The molecule has 0 bridgehead atoms. The van der Waals surface area contributed by atoms with Crippen LogP contribution < -0.4 is 0 Å². The van der Waals surface area contributed by atoms with Crippen LogP contribution in [0.4, 0.5) is 0 Å². The Morgan fingerprint density at radius 1 is 0.588 bits per heavy atom. The van der Waals surface area contributed by atoms with E-state index in [2.05, 4.69) is 55.4 Å². The van der Waals surface area contributed by atoms with Gasteiger partial charge in [-0.2, -0.15) is 0 Å². The first-order valence-corrected chi connectivity index (χ1v) is 7.32. The Morgan fingerprint density at radius 2 is 0.765 bits per heavy atom. The molecule has 0 aliphatic rings. The van der Waals surface area contributed by atoms with Crippen LogP contribution in [-0.4, -0.2) is 10.1 Å². The van der Waals surface area contributed by atoms with Crippen molar-refractivity contribution in [2.75, 3.05) is 0 Å². The molecule has 0 unspecified atom stereocenters. The normalized spacial score (nSPS) is 14.5. The van der Waals surface area contributed by atoms with Gasteiger partial charge in [0.2, 0.25) is 0 Å². The van der Waals surface area contributed by atoms with E-state index in [9.17, 15) is 0 Å². The van der Waals surface area contributed by atoms with Crippen molar-refractivity contribution in [3.8, 4) is 0 Å². The Morgan fingerprint density at radius 3 is 0.882 bits per heavy atom. The fourth-order valence-electron chi connectivity index (χ4n) is 2.04. The second kappa shape index (κ2) is 6.12. The lowest BCUT2D eigenvalue weighted by molar-refractivity contribution is -0.148. The first-order chi connectivity index (χ1) is 7.48. The summed E-state index contributed by atoms with van der Waals surface area (Å²) in [5.74, 6) is 0.833. The number of halogens is 2. The minimum Gasteiger partial charge on any atom is -0.337 e. The second-order valence-electron chi connectivity index (χ2n) is 6.12. The van der Waals surface area contributed by atoms with Gasteiger partial charge in [-0.05, 0) is 23.7 Å².